The van der Waals surface area contributed by atoms with Crippen LogP contribution in [0.1, 0.15) is 66.5 Å². The van der Waals surface area contributed by atoms with E-state index in [1.54, 1.807) is 59.4 Å². The van der Waals surface area contributed by atoms with Crippen molar-refractivity contribution in [3.8, 4) is 0 Å². The molecular weight excluding hydrogens is 623 g/mol. The standard InChI is InChI=1S/C27H34ClFN6O8S/c1-13-15(9-40-18(22(36)39-8)14-10-44-12-31-14)41-21(16(13)29)34-11-30-17-19(34)32-23(28)33-20(17)35(24(37)42-26(2,3)4)25(38)43-27(5,6)7/h10-13,15-16,18,21H,9H2,1-8H3/t13-,15-,16+,18?,21-/m1/s1. The van der Waals surface area contributed by atoms with E-state index in [0.717, 1.165) is 0 Å². The number of amides is 2. The first-order valence-electron chi connectivity index (χ1n) is 13.5. The average molecular weight is 657 g/mol. The molecule has 44 heavy (non-hydrogen) atoms. The minimum atomic E-state index is -1.58. The highest BCUT2D eigenvalue weighted by molar-refractivity contribution is 7.07. The molecule has 0 aliphatic carbocycles. The number of thiazole rings is 1. The number of halogens is 2. The molecule has 3 aromatic rings. The van der Waals surface area contributed by atoms with Crippen molar-refractivity contribution in [2.24, 2.45) is 5.92 Å². The zero-order valence-corrected chi connectivity index (χ0v) is 27.0. The van der Waals surface area contributed by atoms with E-state index in [0.29, 0.717) is 10.6 Å². The van der Waals surface area contributed by atoms with Crippen LogP contribution in [0, 0.1) is 5.92 Å². The average Bonchev–Trinajstić information content (AvgIpc) is 3.63. The molecular formula is C27H34ClFN6O8S. The molecule has 0 bridgehead atoms. The summed E-state index contributed by atoms with van der Waals surface area (Å²) < 4.78 is 44.6. The Balaban J connectivity index is 1.66. The molecule has 4 rings (SSSR count). The SMILES string of the molecule is COC(=O)C(OC[C@H]1O[C@@H](n2cnc3c(N(C(=O)OC(C)(C)C)C(=O)OC(C)(C)C)nc(Cl)nc32)[C@@H](F)[C@@H]1C)c1cscn1. The Bertz CT molecular complexity index is 1480. The molecule has 1 aliphatic heterocycles. The van der Waals surface area contributed by atoms with Crippen molar-refractivity contribution in [1.29, 1.82) is 0 Å². The summed E-state index contributed by atoms with van der Waals surface area (Å²) in [4.78, 5) is 56.1. The van der Waals surface area contributed by atoms with Gasteiger partial charge in [-0.05, 0) is 53.1 Å². The number of alkyl halides is 1. The molecule has 0 N–H and O–H groups in total. The number of ether oxygens (including phenoxy) is 5. The first kappa shape index (κ1) is 33.4. The molecule has 0 saturated carbocycles. The molecule has 1 unspecified atom stereocenters. The third-order valence-corrected chi connectivity index (χ3v) is 7.03. The fourth-order valence-corrected chi connectivity index (χ4v) is 4.98. The second-order valence-electron chi connectivity index (χ2n) is 12.0. The summed E-state index contributed by atoms with van der Waals surface area (Å²) in [7, 11) is 1.23. The minimum Gasteiger partial charge on any atom is -0.467 e. The highest BCUT2D eigenvalue weighted by atomic mass is 35.5. The summed E-state index contributed by atoms with van der Waals surface area (Å²) >= 11 is 7.53. The Morgan fingerprint density at radius 1 is 1.11 bits per heavy atom. The summed E-state index contributed by atoms with van der Waals surface area (Å²) in [6, 6.07) is 0. The lowest BCUT2D eigenvalue weighted by Crippen LogP contribution is -2.44. The molecule has 3 aromatic heterocycles. The van der Waals surface area contributed by atoms with E-state index >= 15 is 4.39 Å². The Labute approximate surface area is 261 Å². The smallest absolute Gasteiger partial charge is 0.425 e. The summed E-state index contributed by atoms with van der Waals surface area (Å²) in [5.41, 5.74) is -0.136. The zero-order chi connectivity index (χ0) is 32.6. The van der Waals surface area contributed by atoms with E-state index in [-0.39, 0.29) is 28.9 Å². The van der Waals surface area contributed by atoms with Crippen molar-refractivity contribution < 1.29 is 42.5 Å². The normalized spacial score (nSPS) is 21.2. The molecule has 0 radical (unpaired) electrons. The van der Waals surface area contributed by atoms with Gasteiger partial charge in [-0.15, -0.1) is 11.3 Å². The molecule has 0 aromatic carbocycles. The lowest BCUT2D eigenvalue weighted by molar-refractivity contribution is -0.158. The number of carbonyl (C=O) groups is 3. The number of esters is 1. The van der Waals surface area contributed by atoms with Gasteiger partial charge in [-0.1, -0.05) is 6.92 Å². The van der Waals surface area contributed by atoms with Gasteiger partial charge in [0.15, 0.2) is 35.5 Å². The first-order valence-corrected chi connectivity index (χ1v) is 14.9. The molecule has 240 valence electrons. The highest BCUT2D eigenvalue weighted by Gasteiger charge is 2.45. The molecule has 0 spiro atoms. The third-order valence-electron chi connectivity index (χ3n) is 6.25. The summed E-state index contributed by atoms with van der Waals surface area (Å²) in [6.45, 7) is 11.2. The Morgan fingerprint density at radius 2 is 1.75 bits per heavy atom. The first-order chi connectivity index (χ1) is 20.5. The van der Waals surface area contributed by atoms with Crippen molar-refractivity contribution in [1.82, 2.24) is 24.5 Å². The van der Waals surface area contributed by atoms with Crippen molar-refractivity contribution in [2.45, 2.75) is 84.3 Å². The molecule has 1 fully saturated rings. The van der Waals surface area contributed by atoms with E-state index < -0.39 is 59.9 Å². The molecule has 1 aliphatic rings. The number of fused-ring (bicyclic) bond motifs is 1. The maximum absolute atomic E-state index is 15.8. The summed E-state index contributed by atoms with van der Waals surface area (Å²) in [5, 5.41) is 1.29. The molecule has 17 heteroatoms. The monoisotopic (exact) mass is 656 g/mol. The number of anilines is 1. The van der Waals surface area contributed by atoms with Gasteiger partial charge in [0, 0.05) is 11.3 Å². The third kappa shape index (κ3) is 7.42. The summed E-state index contributed by atoms with van der Waals surface area (Å²) in [5.74, 6) is -1.68. The van der Waals surface area contributed by atoms with Gasteiger partial charge in [0.2, 0.25) is 5.28 Å². The maximum atomic E-state index is 15.8. The number of imide groups is 1. The predicted molar refractivity (Wildman–Crippen MR) is 156 cm³/mol. The van der Waals surface area contributed by atoms with Crippen LogP contribution in [-0.4, -0.2) is 79.9 Å². The number of nitrogens with zero attached hydrogens (tertiary/aromatic N) is 6. The van der Waals surface area contributed by atoms with Gasteiger partial charge in [-0.25, -0.2) is 28.7 Å². The van der Waals surface area contributed by atoms with E-state index in [1.807, 2.05) is 0 Å². The number of methoxy groups -OCH3 is 1. The molecule has 5 atom stereocenters. The number of imidazole rings is 1. The fraction of sp³-hybridized carbons (Fsp3) is 0.593. The van der Waals surface area contributed by atoms with Crippen molar-refractivity contribution in [2.75, 3.05) is 18.6 Å². The van der Waals surface area contributed by atoms with Crippen LogP contribution < -0.4 is 4.90 Å². The van der Waals surface area contributed by atoms with Gasteiger partial charge in [-0.2, -0.15) is 14.9 Å². The van der Waals surface area contributed by atoms with Crippen LogP contribution in [0.2, 0.25) is 5.28 Å². The van der Waals surface area contributed by atoms with E-state index in [1.165, 1.54) is 29.3 Å². The fourth-order valence-electron chi connectivity index (χ4n) is 4.26. The van der Waals surface area contributed by atoms with Crippen LogP contribution in [0.15, 0.2) is 17.2 Å². The number of carbonyl (C=O) groups excluding carboxylic acids is 3. The second kappa shape index (κ2) is 12.9. The molecule has 1 saturated heterocycles. The van der Waals surface area contributed by atoms with Crippen LogP contribution in [0.5, 0.6) is 0 Å². The largest absolute Gasteiger partial charge is 0.467 e. The quantitative estimate of drug-likeness (QED) is 0.181. The van der Waals surface area contributed by atoms with Crippen molar-refractivity contribution in [3.63, 3.8) is 0 Å². The van der Waals surface area contributed by atoms with E-state index in [4.69, 9.17) is 35.3 Å². The Hall–Kier alpha value is -3.47. The van der Waals surface area contributed by atoms with E-state index in [9.17, 15) is 14.4 Å². The van der Waals surface area contributed by atoms with Crippen LogP contribution in [0.3, 0.4) is 0 Å². The van der Waals surface area contributed by atoms with Crippen LogP contribution in [-0.2, 0) is 28.5 Å². The lowest BCUT2D eigenvalue weighted by atomic mass is 10.0. The van der Waals surface area contributed by atoms with Gasteiger partial charge in [-0.3, -0.25) is 4.57 Å². The van der Waals surface area contributed by atoms with Gasteiger partial charge >= 0.3 is 18.2 Å². The number of hydrogen-bond donors (Lipinski definition) is 0. The van der Waals surface area contributed by atoms with Crippen LogP contribution in [0.25, 0.3) is 11.2 Å². The highest BCUT2D eigenvalue weighted by Crippen LogP contribution is 2.39. The van der Waals surface area contributed by atoms with Gasteiger partial charge in [0.1, 0.15) is 11.2 Å². The molecule has 2 amide bonds. The minimum absolute atomic E-state index is 0.0200. The zero-order valence-electron chi connectivity index (χ0n) is 25.4. The number of aromatic nitrogens is 5. The molecule has 4 heterocycles. The maximum Gasteiger partial charge on any atom is 0.425 e. The van der Waals surface area contributed by atoms with Crippen LogP contribution in [0.4, 0.5) is 19.8 Å². The Morgan fingerprint density at radius 3 is 2.30 bits per heavy atom. The van der Waals surface area contributed by atoms with Gasteiger partial charge < -0.3 is 23.7 Å². The van der Waals surface area contributed by atoms with Crippen molar-refractivity contribution >= 4 is 58.1 Å². The van der Waals surface area contributed by atoms with Crippen molar-refractivity contribution in [3.05, 3.63) is 28.2 Å². The summed E-state index contributed by atoms with van der Waals surface area (Å²) in [6.07, 6.45) is -5.70. The van der Waals surface area contributed by atoms with E-state index in [2.05, 4.69) is 19.9 Å². The van der Waals surface area contributed by atoms with Gasteiger partial charge in [0.25, 0.3) is 0 Å². The molecule has 14 nitrogen and oxygen atoms in total. The lowest BCUT2D eigenvalue weighted by Gasteiger charge is -2.28. The second-order valence-corrected chi connectivity index (χ2v) is 13.0. The number of hydrogen-bond acceptors (Lipinski definition) is 13. The predicted octanol–water partition coefficient (Wildman–Crippen LogP) is 5.42. The Kier molecular flexibility index (Phi) is 9.78. The number of rotatable bonds is 7. The topological polar surface area (TPSA) is 157 Å². The van der Waals surface area contributed by atoms with Crippen LogP contribution >= 0.6 is 22.9 Å². The van der Waals surface area contributed by atoms with Gasteiger partial charge in [0.05, 0.1) is 37.4 Å².